The first-order chi connectivity index (χ1) is 14.2. The largest absolute Gasteiger partial charge is 0.492 e. The van der Waals surface area contributed by atoms with E-state index in [1.807, 2.05) is 54.6 Å². The summed E-state index contributed by atoms with van der Waals surface area (Å²) in [6.45, 7) is 0. The molecular weight excluding hydrogens is 361 g/mol. The fourth-order valence-corrected chi connectivity index (χ4v) is 4.40. The first-order valence-electron chi connectivity index (χ1n) is 9.53. The Morgan fingerprint density at radius 3 is 1.90 bits per heavy atom. The molecule has 4 aromatic carbocycles. The van der Waals surface area contributed by atoms with E-state index >= 15 is 0 Å². The van der Waals surface area contributed by atoms with Gasteiger partial charge in [-0.2, -0.15) is 0 Å². The highest BCUT2D eigenvalue weighted by molar-refractivity contribution is 6.62. The molecule has 0 aliphatic heterocycles. The van der Waals surface area contributed by atoms with Gasteiger partial charge < -0.3 is 19.0 Å². The van der Waals surface area contributed by atoms with Gasteiger partial charge in [0.1, 0.15) is 11.2 Å². The van der Waals surface area contributed by atoms with E-state index < -0.39 is 7.12 Å². The smallest absolute Gasteiger partial charge is 0.456 e. The van der Waals surface area contributed by atoms with E-state index in [1.165, 1.54) is 10.8 Å². The number of nitrogens with zero attached hydrogens (tertiary/aromatic N) is 1. The predicted octanol–water partition coefficient (Wildman–Crippen LogP) is 4.36. The molecule has 4 nitrogen and oxygen atoms in total. The second-order valence-electron chi connectivity index (χ2n) is 7.22. The second-order valence-corrected chi connectivity index (χ2v) is 7.22. The molecule has 0 bridgehead atoms. The van der Waals surface area contributed by atoms with Gasteiger partial charge in [0.2, 0.25) is 0 Å². The summed E-state index contributed by atoms with van der Waals surface area (Å²) in [6, 6.07) is 28.1. The van der Waals surface area contributed by atoms with Crippen LogP contribution in [-0.2, 0) is 0 Å². The van der Waals surface area contributed by atoms with Gasteiger partial charge in [0.25, 0.3) is 0 Å². The molecule has 5 heteroatoms. The van der Waals surface area contributed by atoms with E-state index in [4.69, 9.17) is 4.42 Å². The normalized spacial score (nSPS) is 11.8. The number of rotatable bonds is 2. The van der Waals surface area contributed by atoms with Crippen LogP contribution in [-0.4, -0.2) is 21.7 Å². The molecule has 6 rings (SSSR count). The lowest BCUT2D eigenvalue weighted by atomic mass is 9.79. The lowest BCUT2D eigenvalue weighted by molar-refractivity contribution is 0.425. The summed E-state index contributed by atoms with van der Waals surface area (Å²) in [5.41, 5.74) is 4.72. The molecule has 0 atom stereocenters. The van der Waals surface area contributed by atoms with Gasteiger partial charge in [0.15, 0.2) is 0 Å². The molecule has 0 aliphatic carbocycles. The molecule has 6 aromatic rings. The molecule has 0 radical (unpaired) electrons. The van der Waals surface area contributed by atoms with Crippen LogP contribution >= 0.6 is 0 Å². The van der Waals surface area contributed by atoms with Gasteiger partial charge in [-0.1, -0.05) is 60.7 Å². The Morgan fingerprint density at radius 1 is 0.655 bits per heavy atom. The number of aromatic nitrogens is 1. The minimum Gasteiger partial charge on any atom is -0.456 e. The zero-order chi connectivity index (χ0) is 19.5. The molecule has 0 amide bonds. The maximum Gasteiger partial charge on any atom is 0.492 e. The van der Waals surface area contributed by atoms with Gasteiger partial charge in [0.05, 0.1) is 22.1 Å². The van der Waals surface area contributed by atoms with Crippen LogP contribution in [0.4, 0.5) is 0 Å². The van der Waals surface area contributed by atoms with Gasteiger partial charge >= 0.3 is 7.12 Å². The second kappa shape index (κ2) is 5.98. The minimum absolute atomic E-state index is 0.362. The SMILES string of the molecule is OB(O)c1ccc(-n2c3ccccc3c3ccccc32)c2c1oc1ccccc12. The monoisotopic (exact) mass is 377 g/mol. The molecule has 2 aromatic heterocycles. The van der Waals surface area contributed by atoms with Crippen LogP contribution in [0.3, 0.4) is 0 Å². The van der Waals surface area contributed by atoms with Gasteiger partial charge in [-0.15, -0.1) is 0 Å². The van der Waals surface area contributed by atoms with Crippen molar-refractivity contribution in [2.24, 2.45) is 0 Å². The third kappa shape index (κ3) is 2.23. The van der Waals surface area contributed by atoms with Crippen LogP contribution in [0.5, 0.6) is 0 Å². The van der Waals surface area contributed by atoms with E-state index in [2.05, 4.69) is 28.8 Å². The highest BCUT2D eigenvalue weighted by Gasteiger charge is 2.23. The minimum atomic E-state index is -1.61. The molecule has 0 saturated carbocycles. The number of para-hydroxylation sites is 3. The summed E-state index contributed by atoms with van der Waals surface area (Å²) >= 11 is 0. The molecule has 0 fully saturated rings. The van der Waals surface area contributed by atoms with E-state index in [-0.39, 0.29) is 0 Å². The van der Waals surface area contributed by atoms with Crippen LogP contribution in [0.25, 0.3) is 49.4 Å². The third-order valence-corrected chi connectivity index (χ3v) is 5.63. The first kappa shape index (κ1) is 16.4. The summed E-state index contributed by atoms with van der Waals surface area (Å²) in [5.74, 6) is 0. The average Bonchev–Trinajstić information content (AvgIpc) is 3.29. The molecule has 0 aliphatic rings. The lowest BCUT2D eigenvalue weighted by Gasteiger charge is -2.11. The highest BCUT2D eigenvalue weighted by Crippen LogP contribution is 2.37. The highest BCUT2D eigenvalue weighted by atomic mass is 16.4. The van der Waals surface area contributed by atoms with Crippen molar-refractivity contribution < 1.29 is 14.5 Å². The van der Waals surface area contributed by atoms with Crippen LogP contribution in [0, 0.1) is 0 Å². The van der Waals surface area contributed by atoms with Crippen LogP contribution in [0.1, 0.15) is 0 Å². The van der Waals surface area contributed by atoms with Crippen molar-refractivity contribution in [1.82, 2.24) is 4.57 Å². The van der Waals surface area contributed by atoms with Gasteiger partial charge in [-0.05, 0) is 24.3 Å². The van der Waals surface area contributed by atoms with Crippen molar-refractivity contribution in [1.29, 1.82) is 0 Å². The summed E-state index contributed by atoms with van der Waals surface area (Å²) in [4.78, 5) is 0. The van der Waals surface area contributed by atoms with Gasteiger partial charge in [-0.25, -0.2) is 0 Å². The molecule has 0 unspecified atom stereocenters. The van der Waals surface area contributed by atoms with Crippen molar-refractivity contribution in [3.05, 3.63) is 84.9 Å². The number of hydrogen-bond acceptors (Lipinski definition) is 3. The van der Waals surface area contributed by atoms with Crippen molar-refractivity contribution >= 4 is 56.3 Å². The molecule has 2 heterocycles. The maximum absolute atomic E-state index is 9.90. The average molecular weight is 377 g/mol. The summed E-state index contributed by atoms with van der Waals surface area (Å²) < 4.78 is 8.30. The van der Waals surface area contributed by atoms with Crippen molar-refractivity contribution in [3.8, 4) is 5.69 Å². The first-order valence-corrected chi connectivity index (χ1v) is 9.53. The lowest BCUT2D eigenvalue weighted by Crippen LogP contribution is -2.30. The zero-order valence-corrected chi connectivity index (χ0v) is 15.4. The quantitative estimate of drug-likeness (QED) is 0.441. The number of fused-ring (bicyclic) bond motifs is 6. The molecule has 0 saturated heterocycles. The van der Waals surface area contributed by atoms with Crippen LogP contribution in [0.15, 0.2) is 89.3 Å². The van der Waals surface area contributed by atoms with Crippen molar-refractivity contribution in [2.45, 2.75) is 0 Å². The Balaban J connectivity index is 1.85. The standard InChI is InChI=1S/C24H16BNO3/c27-25(28)18-13-14-21(23-17-9-3-6-12-22(17)29-24(18)23)26-19-10-4-1-7-15(19)16-8-2-5-11-20(16)26/h1-14,27-28H. The van der Waals surface area contributed by atoms with Crippen molar-refractivity contribution in [3.63, 3.8) is 0 Å². The van der Waals surface area contributed by atoms with E-state index in [0.29, 0.717) is 11.0 Å². The zero-order valence-electron chi connectivity index (χ0n) is 15.4. The predicted molar refractivity (Wildman–Crippen MR) is 118 cm³/mol. The summed E-state index contributed by atoms with van der Waals surface area (Å²) in [6.07, 6.45) is 0. The topological polar surface area (TPSA) is 58.5 Å². The Labute approximate surface area is 166 Å². The Bertz CT molecular complexity index is 1490. The molecule has 0 spiro atoms. The number of furan rings is 1. The molecule has 29 heavy (non-hydrogen) atoms. The van der Waals surface area contributed by atoms with E-state index in [1.54, 1.807) is 6.07 Å². The van der Waals surface area contributed by atoms with Crippen LogP contribution in [0.2, 0.25) is 0 Å². The Hall–Kier alpha value is -3.54. The molecular formula is C24H16BNO3. The fraction of sp³-hybridized carbons (Fsp3) is 0. The summed E-state index contributed by atoms with van der Waals surface area (Å²) in [5, 5.41) is 24.0. The van der Waals surface area contributed by atoms with E-state index in [0.717, 1.165) is 33.1 Å². The van der Waals surface area contributed by atoms with Gasteiger partial charge in [0, 0.05) is 21.6 Å². The maximum atomic E-state index is 9.90. The van der Waals surface area contributed by atoms with E-state index in [9.17, 15) is 10.0 Å². The third-order valence-electron chi connectivity index (χ3n) is 5.63. The van der Waals surface area contributed by atoms with Crippen molar-refractivity contribution in [2.75, 3.05) is 0 Å². The molecule has 138 valence electrons. The Morgan fingerprint density at radius 2 is 1.24 bits per heavy atom. The van der Waals surface area contributed by atoms with Gasteiger partial charge in [-0.3, -0.25) is 0 Å². The number of hydrogen-bond donors (Lipinski definition) is 2. The molecule has 2 N–H and O–H groups in total. The number of benzene rings is 4. The van der Waals surface area contributed by atoms with Crippen LogP contribution < -0.4 is 5.46 Å². The Kier molecular flexibility index (Phi) is 3.39. The summed E-state index contributed by atoms with van der Waals surface area (Å²) in [7, 11) is -1.61. The fourth-order valence-electron chi connectivity index (χ4n) is 4.40.